The topological polar surface area (TPSA) is 62.3 Å². The lowest BCUT2D eigenvalue weighted by atomic mass is 10.1. The predicted octanol–water partition coefficient (Wildman–Crippen LogP) is 0.638. The molecule has 1 aliphatic heterocycles. The quantitative estimate of drug-likeness (QED) is 0.861. The van der Waals surface area contributed by atoms with Crippen molar-refractivity contribution in [1.29, 1.82) is 0 Å². The van der Waals surface area contributed by atoms with E-state index in [0.717, 1.165) is 38.9 Å². The Morgan fingerprint density at radius 1 is 1.42 bits per heavy atom. The molecule has 2 rings (SSSR count). The molecule has 1 N–H and O–H groups in total. The number of hydrogen-bond acceptors (Lipinski definition) is 4. The third-order valence-corrected chi connectivity index (χ3v) is 4.11. The molecule has 0 aliphatic carbocycles. The van der Waals surface area contributed by atoms with Gasteiger partial charge < -0.3 is 4.90 Å². The van der Waals surface area contributed by atoms with Crippen LogP contribution in [0.5, 0.6) is 0 Å². The van der Waals surface area contributed by atoms with Crippen LogP contribution in [0.1, 0.15) is 18.4 Å². The number of likely N-dealkylation sites (tertiary alicyclic amines) is 1. The van der Waals surface area contributed by atoms with Crippen LogP contribution in [-0.4, -0.2) is 50.2 Å². The van der Waals surface area contributed by atoms with Crippen LogP contribution in [0.2, 0.25) is 0 Å². The van der Waals surface area contributed by atoms with Gasteiger partial charge in [0.15, 0.2) is 0 Å². The number of rotatable bonds is 5. The molecule has 0 spiro atoms. The SMILES string of the molecule is CS(=O)(=O)NC1CCCN(CCc2ccncc2)C1. The van der Waals surface area contributed by atoms with Crippen molar-refractivity contribution in [2.24, 2.45) is 0 Å². The number of aromatic nitrogens is 1. The van der Waals surface area contributed by atoms with Crippen LogP contribution in [0.15, 0.2) is 24.5 Å². The molecule has 1 aliphatic rings. The van der Waals surface area contributed by atoms with Gasteiger partial charge >= 0.3 is 0 Å². The van der Waals surface area contributed by atoms with Crippen LogP contribution in [0.4, 0.5) is 0 Å². The molecule has 19 heavy (non-hydrogen) atoms. The molecule has 0 radical (unpaired) electrons. The van der Waals surface area contributed by atoms with E-state index >= 15 is 0 Å². The van der Waals surface area contributed by atoms with E-state index in [9.17, 15) is 8.42 Å². The Bertz CT molecular complexity index is 490. The Kier molecular flexibility index (Phi) is 4.90. The first-order chi connectivity index (χ1) is 9.03. The van der Waals surface area contributed by atoms with E-state index < -0.39 is 10.0 Å². The van der Waals surface area contributed by atoms with Crippen molar-refractivity contribution < 1.29 is 8.42 Å². The molecule has 1 aromatic rings. The van der Waals surface area contributed by atoms with Gasteiger partial charge in [-0.3, -0.25) is 4.98 Å². The summed E-state index contributed by atoms with van der Waals surface area (Å²) in [6.07, 6.45) is 7.79. The van der Waals surface area contributed by atoms with Gasteiger partial charge in [-0.15, -0.1) is 0 Å². The van der Waals surface area contributed by atoms with Gasteiger partial charge in [0, 0.05) is 31.5 Å². The highest BCUT2D eigenvalue weighted by atomic mass is 32.2. The maximum atomic E-state index is 11.2. The number of nitrogens with one attached hydrogen (secondary N) is 1. The third kappa shape index (κ3) is 5.26. The number of piperidine rings is 1. The molecule has 106 valence electrons. The lowest BCUT2D eigenvalue weighted by molar-refractivity contribution is 0.204. The van der Waals surface area contributed by atoms with Crippen LogP contribution in [0.25, 0.3) is 0 Å². The Hall–Kier alpha value is -0.980. The molecule has 5 nitrogen and oxygen atoms in total. The Balaban J connectivity index is 1.81. The molecule has 2 heterocycles. The van der Waals surface area contributed by atoms with Gasteiger partial charge in [-0.05, 0) is 43.5 Å². The fourth-order valence-corrected chi connectivity index (χ4v) is 3.29. The summed E-state index contributed by atoms with van der Waals surface area (Å²) < 4.78 is 25.2. The highest BCUT2D eigenvalue weighted by molar-refractivity contribution is 7.88. The maximum absolute atomic E-state index is 11.2. The molecule has 1 fully saturated rings. The van der Waals surface area contributed by atoms with Gasteiger partial charge in [-0.2, -0.15) is 0 Å². The maximum Gasteiger partial charge on any atom is 0.208 e. The van der Waals surface area contributed by atoms with E-state index in [1.165, 1.54) is 11.8 Å². The zero-order valence-electron chi connectivity index (χ0n) is 11.2. The predicted molar refractivity (Wildman–Crippen MR) is 75.4 cm³/mol. The first kappa shape index (κ1) is 14.4. The lowest BCUT2D eigenvalue weighted by Gasteiger charge is -2.32. The largest absolute Gasteiger partial charge is 0.301 e. The zero-order valence-corrected chi connectivity index (χ0v) is 12.1. The van der Waals surface area contributed by atoms with Crippen LogP contribution in [0, 0.1) is 0 Å². The van der Waals surface area contributed by atoms with E-state index in [4.69, 9.17) is 0 Å². The first-order valence-electron chi connectivity index (χ1n) is 6.61. The molecule has 0 amide bonds. The van der Waals surface area contributed by atoms with Crippen LogP contribution < -0.4 is 4.72 Å². The molecule has 1 unspecified atom stereocenters. The van der Waals surface area contributed by atoms with Crippen molar-refractivity contribution in [1.82, 2.24) is 14.6 Å². The van der Waals surface area contributed by atoms with Gasteiger partial charge in [-0.25, -0.2) is 13.1 Å². The Morgan fingerprint density at radius 3 is 2.84 bits per heavy atom. The van der Waals surface area contributed by atoms with Crippen LogP contribution in [-0.2, 0) is 16.4 Å². The molecule has 0 saturated carbocycles. The Morgan fingerprint density at radius 2 is 2.16 bits per heavy atom. The summed E-state index contributed by atoms with van der Waals surface area (Å²) in [5, 5.41) is 0. The molecule has 1 atom stereocenters. The summed E-state index contributed by atoms with van der Waals surface area (Å²) in [7, 11) is -3.10. The minimum atomic E-state index is -3.10. The van der Waals surface area contributed by atoms with Crippen molar-refractivity contribution in [3.05, 3.63) is 30.1 Å². The van der Waals surface area contributed by atoms with Crippen LogP contribution >= 0.6 is 0 Å². The first-order valence-corrected chi connectivity index (χ1v) is 8.50. The second-order valence-corrected chi connectivity index (χ2v) is 6.92. The minimum absolute atomic E-state index is 0.0567. The van der Waals surface area contributed by atoms with Gasteiger partial charge in [0.25, 0.3) is 0 Å². The second-order valence-electron chi connectivity index (χ2n) is 5.14. The van der Waals surface area contributed by atoms with E-state index in [-0.39, 0.29) is 6.04 Å². The third-order valence-electron chi connectivity index (χ3n) is 3.35. The molecular formula is C13H21N3O2S. The van der Waals surface area contributed by atoms with E-state index in [0.29, 0.717) is 0 Å². The monoisotopic (exact) mass is 283 g/mol. The van der Waals surface area contributed by atoms with E-state index in [2.05, 4.69) is 14.6 Å². The summed E-state index contributed by atoms with van der Waals surface area (Å²) in [4.78, 5) is 6.33. The van der Waals surface area contributed by atoms with Crippen molar-refractivity contribution in [3.63, 3.8) is 0 Å². The van der Waals surface area contributed by atoms with Gasteiger partial charge in [0.1, 0.15) is 0 Å². The molecule has 1 saturated heterocycles. The molecular weight excluding hydrogens is 262 g/mol. The highest BCUT2D eigenvalue weighted by Gasteiger charge is 2.21. The normalized spacial score (nSPS) is 21.4. The Labute approximate surface area is 115 Å². The number of nitrogens with zero attached hydrogens (tertiary/aromatic N) is 2. The van der Waals surface area contributed by atoms with E-state index in [1.807, 2.05) is 12.1 Å². The average Bonchev–Trinajstić information content (AvgIpc) is 2.36. The minimum Gasteiger partial charge on any atom is -0.301 e. The second kappa shape index (κ2) is 6.45. The molecule has 0 aromatic carbocycles. The van der Waals surface area contributed by atoms with Crippen molar-refractivity contribution in [2.45, 2.75) is 25.3 Å². The smallest absolute Gasteiger partial charge is 0.208 e. The lowest BCUT2D eigenvalue weighted by Crippen LogP contribution is -2.47. The standard InChI is InChI=1S/C13H21N3O2S/c1-19(17,18)15-13-3-2-9-16(11-13)10-6-12-4-7-14-8-5-12/h4-5,7-8,13,15H,2-3,6,9-11H2,1H3. The number of pyridine rings is 1. The zero-order chi connectivity index (χ0) is 13.7. The molecule has 1 aromatic heterocycles. The van der Waals surface area contributed by atoms with Crippen molar-refractivity contribution in [2.75, 3.05) is 25.9 Å². The fraction of sp³-hybridized carbons (Fsp3) is 0.615. The fourth-order valence-electron chi connectivity index (χ4n) is 2.49. The number of sulfonamides is 1. The summed E-state index contributed by atoms with van der Waals surface area (Å²) in [5.41, 5.74) is 1.27. The molecule has 0 bridgehead atoms. The van der Waals surface area contributed by atoms with Crippen molar-refractivity contribution >= 4 is 10.0 Å². The summed E-state index contributed by atoms with van der Waals surface area (Å²) >= 11 is 0. The van der Waals surface area contributed by atoms with E-state index in [1.54, 1.807) is 12.4 Å². The van der Waals surface area contributed by atoms with Gasteiger partial charge in [-0.1, -0.05) is 0 Å². The number of hydrogen-bond donors (Lipinski definition) is 1. The highest BCUT2D eigenvalue weighted by Crippen LogP contribution is 2.11. The van der Waals surface area contributed by atoms with Crippen molar-refractivity contribution in [3.8, 4) is 0 Å². The van der Waals surface area contributed by atoms with Gasteiger partial charge in [0.2, 0.25) is 10.0 Å². The molecule has 6 heteroatoms. The average molecular weight is 283 g/mol. The summed E-state index contributed by atoms with van der Waals surface area (Å²) in [6.45, 7) is 2.82. The van der Waals surface area contributed by atoms with Gasteiger partial charge in [0.05, 0.1) is 6.26 Å². The van der Waals surface area contributed by atoms with Crippen LogP contribution in [0.3, 0.4) is 0 Å². The summed E-state index contributed by atoms with van der Waals surface area (Å²) in [6, 6.07) is 4.10. The summed E-state index contributed by atoms with van der Waals surface area (Å²) in [5.74, 6) is 0.